The lowest BCUT2D eigenvalue weighted by atomic mass is 10.1. The predicted molar refractivity (Wildman–Crippen MR) is 88.7 cm³/mol. The second-order valence-electron chi connectivity index (χ2n) is 5.49. The molecule has 108 valence electrons. The first-order chi connectivity index (χ1) is 10.0. The molecule has 0 bridgehead atoms. The average molecular weight is 279 g/mol. The van der Waals surface area contributed by atoms with E-state index in [0.717, 1.165) is 5.69 Å². The summed E-state index contributed by atoms with van der Waals surface area (Å²) in [6.07, 6.45) is 0. The molecule has 0 aliphatic rings. The number of hydrogen-bond acceptors (Lipinski definition) is 3. The Hall–Kier alpha value is -2.47. The normalized spacial score (nSPS) is 11.6. The van der Waals surface area contributed by atoms with E-state index in [9.17, 15) is 0 Å². The van der Waals surface area contributed by atoms with Gasteiger partial charge in [-0.25, -0.2) is 0 Å². The summed E-state index contributed by atoms with van der Waals surface area (Å²) < 4.78 is 0. The number of hydrogen-bond donors (Lipinski definition) is 1. The van der Waals surface area contributed by atoms with Gasteiger partial charge in [-0.05, 0) is 55.3 Å². The molecule has 0 aromatic heterocycles. The van der Waals surface area contributed by atoms with Gasteiger partial charge in [0.15, 0.2) is 0 Å². The van der Waals surface area contributed by atoms with Crippen LogP contribution in [0.4, 0.5) is 11.4 Å². The van der Waals surface area contributed by atoms with Crippen LogP contribution in [0.5, 0.6) is 0 Å². The highest BCUT2D eigenvalue weighted by atomic mass is 15.1. The Bertz CT molecular complexity index is 651. The third kappa shape index (κ3) is 3.55. The minimum atomic E-state index is 0.196. The molecule has 0 heterocycles. The van der Waals surface area contributed by atoms with Gasteiger partial charge in [0.1, 0.15) is 0 Å². The van der Waals surface area contributed by atoms with Crippen LogP contribution >= 0.6 is 0 Å². The zero-order chi connectivity index (χ0) is 15.4. The summed E-state index contributed by atoms with van der Waals surface area (Å²) in [6, 6.07) is 16.5. The number of benzene rings is 2. The summed E-state index contributed by atoms with van der Waals surface area (Å²) in [5.74, 6) is 0. The van der Waals surface area contributed by atoms with Crippen LogP contribution in [0, 0.1) is 18.3 Å². The first-order valence-electron chi connectivity index (χ1n) is 7.06. The van der Waals surface area contributed by atoms with E-state index in [0.29, 0.717) is 5.56 Å². The first-order valence-corrected chi connectivity index (χ1v) is 7.06. The molecule has 0 saturated heterocycles. The third-order valence-corrected chi connectivity index (χ3v) is 3.64. The number of nitriles is 1. The van der Waals surface area contributed by atoms with Gasteiger partial charge in [0, 0.05) is 31.5 Å². The van der Waals surface area contributed by atoms with Crippen molar-refractivity contribution >= 4 is 11.4 Å². The Labute approximate surface area is 126 Å². The highest BCUT2D eigenvalue weighted by Crippen LogP contribution is 2.25. The van der Waals surface area contributed by atoms with Gasteiger partial charge in [-0.15, -0.1) is 0 Å². The minimum absolute atomic E-state index is 0.196. The fourth-order valence-corrected chi connectivity index (χ4v) is 2.25. The van der Waals surface area contributed by atoms with Crippen molar-refractivity contribution in [2.45, 2.75) is 19.9 Å². The Morgan fingerprint density at radius 1 is 1.10 bits per heavy atom. The number of aryl methyl sites for hydroxylation is 1. The van der Waals surface area contributed by atoms with E-state index >= 15 is 0 Å². The van der Waals surface area contributed by atoms with Gasteiger partial charge in [0.25, 0.3) is 0 Å². The number of nitrogens with one attached hydrogen (secondary N) is 1. The van der Waals surface area contributed by atoms with E-state index in [2.05, 4.69) is 48.3 Å². The molecule has 0 radical (unpaired) electrons. The monoisotopic (exact) mass is 279 g/mol. The topological polar surface area (TPSA) is 39.1 Å². The van der Waals surface area contributed by atoms with Crippen molar-refractivity contribution in [3.63, 3.8) is 0 Å². The van der Waals surface area contributed by atoms with E-state index in [4.69, 9.17) is 5.26 Å². The van der Waals surface area contributed by atoms with Crippen molar-refractivity contribution in [2.75, 3.05) is 24.3 Å². The lowest BCUT2D eigenvalue weighted by Crippen LogP contribution is -2.11. The van der Waals surface area contributed by atoms with Crippen LogP contribution in [0.2, 0.25) is 0 Å². The van der Waals surface area contributed by atoms with Crippen molar-refractivity contribution in [1.29, 1.82) is 5.26 Å². The molecule has 2 aromatic rings. The molecule has 0 aliphatic carbocycles. The minimum Gasteiger partial charge on any atom is -0.378 e. The van der Waals surface area contributed by atoms with E-state index < -0.39 is 0 Å². The van der Waals surface area contributed by atoms with Crippen LogP contribution in [0.3, 0.4) is 0 Å². The zero-order valence-electron chi connectivity index (χ0n) is 13.0. The molecule has 0 amide bonds. The van der Waals surface area contributed by atoms with Crippen LogP contribution in [-0.2, 0) is 0 Å². The van der Waals surface area contributed by atoms with Crippen molar-refractivity contribution in [3.8, 4) is 6.07 Å². The standard InChI is InChI=1S/C18H21N3/c1-13-11-17(21(3)4)9-10-18(13)20-14(2)16-7-5-15(12-19)6-8-16/h5-11,14,20H,1-4H3. The molecule has 1 unspecified atom stereocenters. The maximum atomic E-state index is 8.84. The van der Waals surface area contributed by atoms with E-state index in [1.807, 2.05) is 38.4 Å². The van der Waals surface area contributed by atoms with Gasteiger partial charge >= 0.3 is 0 Å². The molecule has 2 rings (SSSR count). The predicted octanol–water partition coefficient (Wildman–Crippen LogP) is 4.11. The van der Waals surface area contributed by atoms with Gasteiger partial charge in [0.2, 0.25) is 0 Å². The first kappa shape index (κ1) is 14.9. The Kier molecular flexibility index (Phi) is 4.49. The molecule has 0 saturated carbocycles. The second-order valence-corrected chi connectivity index (χ2v) is 5.49. The molecular formula is C18H21N3. The van der Waals surface area contributed by atoms with E-state index in [-0.39, 0.29) is 6.04 Å². The number of nitrogens with zero attached hydrogens (tertiary/aromatic N) is 2. The van der Waals surface area contributed by atoms with Crippen molar-refractivity contribution < 1.29 is 0 Å². The van der Waals surface area contributed by atoms with Crippen LogP contribution in [-0.4, -0.2) is 14.1 Å². The molecule has 1 atom stereocenters. The Morgan fingerprint density at radius 2 is 1.76 bits per heavy atom. The summed E-state index contributed by atoms with van der Waals surface area (Å²) in [6.45, 7) is 4.24. The van der Waals surface area contributed by atoms with Gasteiger partial charge < -0.3 is 10.2 Å². The van der Waals surface area contributed by atoms with E-state index in [1.165, 1.54) is 16.8 Å². The van der Waals surface area contributed by atoms with Crippen LogP contribution in [0.25, 0.3) is 0 Å². The van der Waals surface area contributed by atoms with Crippen molar-refractivity contribution in [3.05, 3.63) is 59.2 Å². The molecule has 3 heteroatoms. The highest BCUT2D eigenvalue weighted by Gasteiger charge is 2.08. The Morgan fingerprint density at radius 3 is 2.29 bits per heavy atom. The number of anilines is 2. The molecule has 3 nitrogen and oxygen atoms in total. The average Bonchev–Trinajstić information content (AvgIpc) is 2.49. The SMILES string of the molecule is Cc1cc(N(C)C)ccc1NC(C)c1ccc(C#N)cc1. The smallest absolute Gasteiger partial charge is 0.0991 e. The lowest BCUT2D eigenvalue weighted by Gasteiger charge is -2.20. The fourth-order valence-electron chi connectivity index (χ4n) is 2.25. The third-order valence-electron chi connectivity index (χ3n) is 3.64. The fraction of sp³-hybridized carbons (Fsp3) is 0.278. The highest BCUT2D eigenvalue weighted by molar-refractivity contribution is 5.60. The molecule has 21 heavy (non-hydrogen) atoms. The molecule has 2 aromatic carbocycles. The summed E-state index contributed by atoms with van der Waals surface area (Å²) in [5.41, 5.74) is 5.42. The van der Waals surface area contributed by atoms with Gasteiger partial charge in [-0.3, -0.25) is 0 Å². The molecule has 0 aliphatic heterocycles. The van der Waals surface area contributed by atoms with Gasteiger partial charge in [-0.1, -0.05) is 12.1 Å². The van der Waals surface area contributed by atoms with E-state index in [1.54, 1.807) is 0 Å². The van der Waals surface area contributed by atoms with Crippen molar-refractivity contribution in [2.24, 2.45) is 0 Å². The molecule has 1 N–H and O–H groups in total. The van der Waals surface area contributed by atoms with Gasteiger partial charge in [0.05, 0.1) is 11.6 Å². The lowest BCUT2D eigenvalue weighted by molar-refractivity contribution is 0.882. The second kappa shape index (κ2) is 6.32. The molecular weight excluding hydrogens is 258 g/mol. The summed E-state index contributed by atoms with van der Waals surface area (Å²) in [7, 11) is 4.09. The van der Waals surface area contributed by atoms with Crippen molar-refractivity contribution in [1.82, 2.24) is 0 Å². The largest absolute Gasteiger partial charge is 0.378 e. The zero-order valence-corrected chi connectivity index (χ0v) is 13.0. The summed E-state index contributed by atoms with van der Waals surface area (Å²) >= 11 is 0. The quantitative estimate of drug-likeness (QED) is 0.915. The maximum Gasteiger partial charge on any atom is 0.0991 e. The Balaban J connectivity index is 2.15. The van der Waals surface area contributed by atoms with Crippen LogP contribution in [0.1, 0.15) is 29.7 Å². The van der Waals surface area contributed by atoms with Gasteiger partial charge in [-0.2, -0.15) is 5.26 Å². The van der Waals surface area contributed by atoms with Crippen LogP contribution < -0.4 is 10.2 Å². The number of rotatable bonds is 4. The molecule has 0 fully saturated rings. The van der Waals surface area contributed by atoms with Crippen LogP contribution in [0.15, 0.2) is 42.5 Å². The summed E-state index contributed by atoms with van der Waals surface area (Å²) in [4.78, 5) is 2.10. The molecule has 0 spiro atoms. The summed E-state index contributed by atoms with van der Waals surface area (Å²) in [5, 5.41) is 12.4. The maximum absolute atomic E-state index is 8.84.